The van der Waals surface area contributed by atoms with Crippen LogP contribution in [-0.2, 0) is 17.8 Å². The van der Waals surface area contributed by atoms with Gasteiger partial charge in [-0.3, -0.25) is 0 Å². The molecule has 0 bridgehead atoms. The first kappa shape index (κ1) is 17.0. The van der Waals surface area contributed by atoms with E-state index in [0.29, 0.717) is 12.5 Å². The van der Waals surface area contributed by atoms with Crippen LogP contribution in [0.25, 0.3) is 0 Å². The highest BCUT2D eigenvalue weighted by molar-refractivity contribution is 8.01. The van der Waals surface area contributed by atoms with E-state index in [1.54, 1.807) is 0 Å². The second-order valence-corrected chi connectivity index (χ2v) is 9.54. The number of hydrogen-bond donors (Lipinski definition) is 0. The van der Waals surface area contributed by atoms with Crippen molar-refractivity contribution in [3.8, 4) is 5.75 Å². The monoisotopic (exact) mass is 354 g/mol. The van der Waals surface area contributed by atoms with Crippen LogP contribution in [0.15, 0.2) is 48.5 Å². The molecule has 2 aromatic carbocycles. The highest BCUT2D eigenvalue weighted by atomic mass is 32.2. The molecule has 1 fully saturated rings. The molecule has 2 aromatic rings. The zero-order chi connectivity index (χ0) is 17.4. The maximum Gasteiger partial charge on any atom is 0.123 e. The van der Waals surface area contributed by atoms with Crippen LogP contribution in [0.3, 0.4) is 0 Å². The van der Waals surface area contributed by atoms with Crippen LogP contribution in [0.2, 0.25) is 0 Å². The largest absolute Gasteiger partial charge is 0.489 e. The molecular formula is C22H26O2S. The standard InChI is InChI=1S/C22H26O2S/c1-15-24-21-18-10-7-11-20(23-14-16-8-5-4-6-9-16)17(18)12-13-19(21)22(2,3)25-15/h4-11,15,19,21H,12-14H2,1-3H3/t15-,19-,21+/m1/s1. The Labute approximate surface area is 154 Å². The Hall–Kier alpha value is -1.45. The Morgan fingerprint density at radius 3 is 2.72 bits per heavy atom. The third-order valence-corrected chi connectivity index (χ3v) is 6.84. The van der Waals surface area contributed by atoms with E-state index < -0.39 is 0 Å². The average molecular weight is 355 g/mol. The van der Waals surface area contributed by atoms with Crippen molar-refractivity contribution in [1.29, 1.82) is 0 Å². The van der Waals surface area contributed by atoms with E-state index in [-0.39, 0.29) is 16.3 Å². The summed E-state index contributed by atoms with van der Waals surface area (Å²) in [4.78, 5) is 0. The summed E-state index contributed by atoms with van der Waals surface area (Å²) in [6.07, 6.45) is 2.43. The molecule has 4 rings (SSSR count). The molecule has 0 N–H and O–H groups in total. The zero-order valence-electron chi connectivity index (χ0n) is 15.2. The topological polar surface area (TPSA) is 18.5 Å². The molecule has 0 amide bonds. The van der Waals surface area contributed by atoms with Crippen LogP contribution in [-0.4, -0.2) is 10.2 Å². The van der Waals surface area contributed by atoms with Gasteiger partial charge in [0.2, 0.25) is 0 Å². The molecule has 25 heavy (non-hydrogen) atoms. The van der Waals surface area contributed by atoms with Gasteiger partial charge in [0, 0.05) is 10.7 Å². The highest BCUT2D eigenvalue weighted by Gasteiger charge is 2.46. The van der Waals surface area contributed by atoms with Crippen molar-refractivity contribution in [2.75, 3.05) is 0 Å². The van der Waals surface area contributed by atoms with Crippen molar-refractivity contribution >= 4 is 11.8 Å². The van der Waals surface area contributed by atoms with Crippen LogP contribution < -0.4 is 4.74 Å². The SMILES string of the molecule is C[C@@H]1O[C@H]2c3cccc(OCc4ccccc4)c3CC[C@H]2C(C)(C)S1. The van der Waals surface area contributed by atoms with Gasteiger partial charge in [0.05, 0.1) is 6.10 Å². The summed E-state index contributed by atoms with van der Waals surface area (Å²) in [5, 5.41) is 0. The van der Waals surface area contributed by atoms with Gasteiger partial charge in [-0.1, -0.05) is 56.3 Å². The molecule has 1 aliphatic heterocycles. The van der Waals surface area contributed by atoms with Crippen LogP contribution in [0.4, 0.5) is 0 Å². The summed E-state index contributed by atoms with van der Waals surface area (Å²) in [5.41, 5.74) is 4.11. The summed E-state index contributed by atoms with van der Waals surface area (Å²) < 4.78 is 12.8. The average Bonchev–Trinajstić information content (AvgIpc) is 2.59. The van der Waals surface area contributed by atoms with Crippen molar-refractivity contribution in [3.05, 3.63) is 65.2 Å². The highest BCUT2D eigenvalue weighted by Crippen LogP contribution is 2.54. The molecule has 1 aliphatic carbocycles. The van der Waals surface area contributed by atoms with Crippen LogP contribution in [0.1, 0.15) is 50.0 Å². The molecule has 0 saturated carbocycles. The molecule has 2 aliphatic rings. The van der Waals surface area contributed by atoms with Crippen LogP contribution in [0.5, 0.6) is 5.75 Å². The smallest absolute Gasteiger partial charge is 0.123 e. The van der Waals surface area contributed by atoms with Crippen molar-refractivity contribution in [1.82, 2.24) is 0 Å². The van der Waals surface area contributed by atoms with Crippen molar-refractivity contribution in [3.63, 3.8) is 0 Å². The lowest BCUT2D eigenvalue weighted by Crippen LogP contribution is -2.43. The molecule has 1 heterocycles. The summed E-state index contributed by atoms with van der Waals surface area (Å²) in [5.74, 6) is 1.58. The molecule has 2 nitrogen and oxygen atoms in total. The van der Waals surface area contributed by atoms with Gasteiger partial charge in [-0.25, -0.2) is 0 Å². The lowest BCUT2D eigenvalue weighted by molar-refractivity contribution is -0.0301. The minimum absolute atomic E-state index is 0.190. The van der Waals surface area contributed by atoms with Gasteiger partial charge in [0.15, 0.2) is 0 Å². The number of thioether (sulfide) groups is 1. The Balaban J connectivity index is 1.61. The van der Waals surface area contributed by atoms with Gasteiger partial charge in [0.25, 0.3) is 0 Å². The second-order valence-electron chi connectivity index (χ2n) is 7.59. The first-order chi connectivity index (χ1) is 12.0. The normalized spacial score (nSPS) is 27.2. The third-order valence-electron chi connectivity index (χ3n) is 5.48. The lowest BCUT2D eigenvalue weighted by atomic mass is 9.75. The molecule has 0 spiro atoms. The van der Waals surface area contributed by atoms with Gasteiger partial charge < -0.3 is 9.47 Å². The summed E-state index contributed by atoms with van der Waals surface area (Å²) in [6.45, 7) is 7.53. The van der Waals surface area contributed by atoms with Gasteiger partial charge in [-0.05, 0) is 42.5 Å². The maximum absolute atomic E-state index is 6.38. The predicted molar refractivity (Wildman–Crippen MR) is 104 cm³/mol. The first-order valence-electron chi connectivity index (χ1n) is 9.16. The van der Waals surface area contributed by atoms with E-state index in [0.717, 1.165) is 18.6 Å². The minimum atomic E-state index is 0.190. The number of benzene rings is 2. The molecule has 132 valence electrons. The van der Waals surface area contributed by atoms with Crippen molar-refractivity contribution in [2.24, 2.45) is 5.92 Å². The number of hydrogen-bond acceptors (Lipinski definition) is 3. The minimum Gasteiger partial charge on any atom is -0.489 e. The zero-order valence-corrected chi connectivity index (χ0v) is 16.0. The molecule has 0 unspecified atom stereocenters. The van der Waals surface area contributed by atoms with E-state index in [9.17, 15) is 0 Å². The van der Waals surface area contributed by atoms with E-state index in [1.807, 2.05) is 17.8 Å². The summed E-state index contributed by atoms with van der Waals surface area (Å²) in [6, 6.07) is 16.8. The second kappa shape index (κ2) is 6.69. The van der Waals surface area contributed by atoms with Crippen LogP contribution in [0, 0.1) is 5.92 Å². The van der Waals surface area contributed by atoms with E-state index >= 15 is 0 Å². The van der Waals surface area contributed by atoms with Gasteiger partial charge >= 0.3 is 0 Å². The third kappa shape index (κ3) is 3.32. The molecule has 1 saturated heterocycles. The lowest BCUT2D eigenvalue weighted by Gasteiger charge is -2.49. The first-order valence-corrected chi connectivity index (χ1v) is 10.0. The predicted octanol–water partition coefficient (Wildman–Crippen LogP) is 5.76. The fourth-order valence-electron chi connectivity index (χ4n) is 4.28. The van der Waals surface area contributed by atoms with Crippen molar-refractivity contribution < 1.29 is 9.47 Å². The van der Waals surface area contributed by atoms with E-state index in [2.05, 4.69) is 63.2 Å². The Morgan fingerprint density at radius 2 is 1.92 bits per heavy atom. The van der Waals surface area contributed by atoms with Gasteiger partial charge in [-0.2, -0.15) is 0 Å². The molecule has 3 heteroatoms. The number of fused-ring (bicyclic) bond motifs is 3. The molecule has 0 radical (unpaired) electrons. The van der Waals surface area contributed by atoms with Gasteiger partial charge in [-0.15, -0.1) is 11.8 Å². The number of rotatable bonds is 3. The van der Waals surface area contributed by atoms with E-state index in [1.165, 1.54) is 16.7 Å². The Kier molecular flexibility index (Phi) is 4.55. The van der Waals surface area contributed by atoms with Gasteiger partial charge in [0.1, 0.15) is 17.8 Å². The van der Waals surface area contributed by atoms with Crippen molar-refractivity contribution in [2.45, 2.75) is 56.5 Å². The fraction of sp³-hybridized carbons (Fsp3) is 0.455. The fourth-order valence-corrected chi connectivity index (χ4v) is 5.73. The van der Waals surface area contributed by atoms with Crippen LogP contribution >= 0.6 is 11.8 Å². The molecule has 3 atom stereocenters. The van der Waals surface area contributed by atoms with E-state index in [4.69, 9.17) is 9.47 Å². The Morgan fingerprint density at radius 1 is 1.12 bits per heavy atom. The summed E-state index contributed by atoms with van der Waals surface area (Å²) >= 11 is 1.96. The quantitative estimate of drug-likeness (QED) is 0.698. The Bertz CT molecular complexity index is 741. The molecular weight excluding hydrogens is 328 g/mol. The summed E-state index contributed by atoms with van der Waals surface area (Å²) in [7, 11) is 0. The number of ether oxygens (including phenoxy) is 2. The maximum atomic E-state index is 6.38. The molecule has 0 aromatic heterocycles.